The molecule has 0 fully saturated rings. The molecule has 0 aliphatic carbocycles. The van der Waals surface area contributed by atoms with Crippen LogP contribution in [0.4, 0.5) is 0 Å². The van der Waals surface area contributed by atoms with Crippen LogP contribution >= 0.6 is 15.9 Å². The summed E-state index contributed by atoms with van der Waals surface area (Å²) in [4.78, 5) is 23.9. The van der Waals surface area contributed by atoms with Crippen molar-refractivity contribution in [2.24, 2.45) is 0 Å². The molecular weight excluding hydrogens is 354 g/mol. The first-order chi connectivity index (χ1) is 11.1. The summed E-state index contributed by atoms with van der Waals surface area (Å²) in [5.41, 5.74) is 1.83. The molecule has 0 spiro atoms. The molecule has 0 saturated heterocycles. The first kappa shape index (κ1) is 17.4. The average molecular weight is 374 g/mol. The van der Waals surface area contributed by atoms with Crippen molar-refractivity contribution >= 4 is 27.6 Å². The molecule has 0 aromatic heterocycles. The smallest absolute Gasteiger partial charge is 0.220 e. The van der Waals surface area contributed by atoms with Crippen LogP contribution in [0, 0.1) is 0 Å². The van der Waals surface area contributed by atoms with Gasteiger partial charge in [0.2, 0.25) is 5.91 Å². The molecule has 1 unspecified atom stereocenters. The number of amides is 1. The Hall–Kier alpha value is -1.94. The molecule has 2 aromatic carbocycles. The Labute approximate surface area is 145 Å². The maximum atomic E-state index is 12.0. The normalized spacial score (nSPS) is 11.7. The zero-order chi connectivity index (χ0) is 16.7. The third kappa shape index (κ3) is 5.64. The Morgan fingerprint density at radius 2 is 1.65 bits per heavy atom. The van der Waals surface area contributed by atoms with Gasteiger partial charge in [0, 0.05) is 29.4 Å². The lowest BCUT2D eigenvalue weighted by Gasteiger charge is -2.13. The zero-order valence-electron chi connectivity index (χ0n) is 13.1. The number of carbonyl (C=O) groups excluding carboxylic acids is 2. The number of ketones is 1. The number of halogens is 1. The van der Waals surface area contributed by atoms with Gasteiger partial charge in [-0.15, -0.1) is 0 Å². The van der Waals surface area contributed by atoms with Gasteiger partial charge in [-0.1, -0.05) is 65.3 Å². The lowest BCUT2D eigenvalue weighted by atomic mass is 10.0. The molecule has 0 saturated carbocycles. The molecule has 0 aliphatic rings. The molecule has 0 radical (unpaired) electrons. The van der Waals surface area contributed by atoms with E-state index in [2.05, 4.69) is 28.2 Å². The number of Topliss-reactive ketones (excluding diaryl/α,β-unsaturated/α-hetero) is 1. The summed E-state index contributed by atoms with van der Waals surface area (Å²) in [5.74, 6) is 0.157. The third-order valence-electron chi connectivity index (χ3n) is 3.72. The lowest BCUT2D eigenvalue weighted by Crippen LogP contribution is -2.27. The van der Waals surface area contributed by atoms with E-state index in [9.17, 15) is 9.59 Å². The monoisotopic (exact) mass is 373 g/mol. The number of nitrogens with one attached hydrogen (secondary N) is 1. The van der Waals surface area contributed by atoms with Crippen LogP contribution < -0.4 is 5.32 Å². The Balaban J connectivity index is 1.75. The van der Waals surface area contributed by atoms with E-state index in [1.807, 2.05) is 42.5 Å². The van der Waals surface area contributed by atoms with Crippen LogP contribution in [0.15, 0.2) is 59.1 Å². The number of hydrogen-bond acceptors (Lipinski definition) is 2. The second-order valence-electron chi connectivity index (χ2n) is 5.55. The third-order valence-corrected chi connectivity index (χ3v) is 4.25. The summed E-state index contributed by atoms with van der Waals surface area (Å²) in [7, 11) is 0. The van der Waals surface area contributed by atoms with Gasteiger partial charge in [0.25, 0.3) is 0 Å². The van der Waals surface area contributed by atoms with Crippen molar-refractivity contribution in [2.45, 2.75) is 25.7 Å². The summed E-state index contributed by atoms with van der Waals surface area (Å²) < 4.78 is 0.932. The van der Waals surface area contributed by atoms with Crippen LogP contribution in [-0.2, 0) is 4.79 Å². The highest BCUT2D eigenvalue weighted by atomic mass is 79.9. The average Bonchev–Trinajstić information content (AvgIpc) is 2.59. The fourth-order valence-corrected chi connectivity index (χ4v) is 2.53. The molecule has 1 atom stereocenters. The van der Waals surface area contributed by atoms with Gasteiger partial charge < -0.3 is 5.32 Å². The standard InChI is InChI=1S/C19H20BrNO2/c1-14(15-5-3-2-4-6-15)13-21-19(23)12-11-18(22)16-7-9-17(20)10-8-16/h2-10,14H,11-13H2,1H3,(H,21,23). The predicted octanol–water partition coefficient (Wildman–Crippen LogP) is 4.33. The van der Waals surface area contributed by atoms with Crippen LogP contribution in [0.2, 0.25) is 0 Å². The molecule has 0 heterocycles. The van der Waals surface area contributed by atoms with Gasteiger partial charge in [-0.25, -0.2) is 0 Å². The van der Waals surface area contributed by atoms with Gasteiger partial charge in [0.15, 0.2) is 5.78 Å². The SMILES string of the molecule is CC(CNC(=O)CCC(=O)c1ccc(Br)cc1)c1ccccc1. The number of rotatable bonds is 7. The molecule has 0 aliphatic heterocycles. The second kappa shape index (κ2) is 8.63. The Kier molecular flexibility index (Phi) is 6.53. The Morgan fingerprint density at radius 1 is 1.00 bits per heavy atom. The molecule has 0 bridgehead atoms. The van der Waals surface area contributed by atoms with Crippen molar-refractivity contribution in [1.29, 1.82) is 0 Å². The fourth-order valence-electron chi connectivity index (χ4n) is 2.26. The molecular formula is C19H20BrNO2. The summed E-state index contributed by atoms with van der Waals surface area (Å²) in [5, 5.41) is 2.90. The highest BCUT2D eigenvalue weighted by Crippen LogP contribution is 2.14. The van der Waals surface area contributed by atoms with Crippen molar-refractivity contribution in [2.75, 3.05) is 6.54 Å². The van der Waals surface area contributed by atoms with Gasteiger partial charge in [0.1, 0.15) is 0 Å². The van der Waals surface area contributed by atoms with Crippen LogP contribution in [0.5, 0.6) is 0 Å². The van der Waals surface area contributed by atoms with E-state index in [0.717, 1.165) is 4.47 Å². The molecule has 23 heavy (non-hydrogen) atoms. The van der Waals surface area contributed by atoms with Crippen LogP contribution in [-0.4, -0.2) is 18.2 Å². The van der Waals surface area contributed by atoms with E-state index in [0.29, 0.717) is 12.1 Å². The van der Waals surface area contributed by atoms with Gasteiger partial charge in [-0.2, -0.15) is 0 Å². The highest BCUT2D eigenvalue weighted by molar-refractivity contribution is 9.10. The van der Waals surface area contributed by atoms with E-state index in [1.54, 1.807) is 12.1 Å². The maximum Gasteiger partial charge on any atom is 0.220 e. The molecule has 4 heteroatoms. The van der Waals surface area contributed by atoms with E-state index in [1.165, 1.54) is 5.56 Å². The van der Waals surface area contributed by atoms with Crippen molar-refractivity contribution in [3.05, 3.63) is 70.2 Å². The summed E-state index contributed by atoms with van der Waals surface area (Å²) in [6.45, 7) is 2.65. The molecule has 1 N–H and O–H groups in total. The van der Waals surface area contributed by atoms with Gasteiger partial charge in [-0.3, -0.25) is 9.59 Å². The van der Waals surface area contributed by atoms with Crippen molar-refractivity contribution < 1.29 is 9.59 Å². The number of carbonyl (C=O) groups is 2. The minimum atomic E-state index is -0.0850. The molecule has 120 valence electrons. The summed E-state index contributed by atoms with van der Waals surface area (Å²) in [6.07, 6.45) is 0.448. The molecule has 3 nitrogen and oxygen atoms in total. The first-order valence-electron chi connectivity index (χ1n) is 7.66. The van der Waals surface area contributed by atoms with Crippen molar-refractivity contribution in [3.8, 4) is 0 Å². The zero-order valence-corrected chi connectivity index (χ0v) is 14.7. The van der Waals surface area contributed by atoms with E-state index in [-0.39, 0.29) is 30.4 Å². The van der Waals surface area contributed by atoms with Gasteiger partial charge in [0.05, 0.1) is 0 Å². The predicted molar refractivity (Wildman–Crippen MR) is 95.6 cm³/mol. The minimum absolute atomic E-state index is 0.0104. The quantitative estimate of drug-likeness (QED) is 0.734. The maximum absolute atomic E-state index is 12.0. The Morgan fingerprint density at radius 3 is 2.30 bits per heavy atom. The van der Waals surface area contributed by atoms with Crippen LogP contribution in [0.1, 0.15) is 41.6 Å². The fraction of sp³-hybridized carbons (Fsp3) is 0.263. The van der Waals surface area contributed by atoms with Gasteiger partial charge in [-0.05, 0) is 23.6 Å². The van der Waals surface area contributed by atoms with E-state index in [4.69, 9.17) is 0 Å². The highest BCUT2D eigenvalue weighted by Gasteiger charge is 2.11. The Bertz CT molecular complexity index is 653. The molecule has 2 rings (SSSR count). The molecule has 2 aromatic rings. The van der Waals surface area contributed by atoms with Crippen molar-refractivity contribution in [1.82, 2.24) is 5.32 Å². The topological polar surface area (TPSA) is 46.2 Å². The van der Waals surface area contributed by atoms with Gasteiger partial charge >= 0.3 is 0 Å². The van der Waals surface area contributed by atoms with E-state index < -0.39 is 0 Å². The summed E-state index contributed by atoms with van der Waals surface area (Å²) in [6, 6.07) is 17.2. The molecule has 1 amide bonds. The first-order valence-corrected chi connectivity index (χ1v) is 8.46. The minimum Gasteiger partial charge on any atom is -0.355 e. The largest absolute Gasteiger partial charge is 0.355 e. The van der Waals surface area contributed by atoms with E-state index >= 15 is 0 Å². The van der Waals surface area contributed by atoms with Crippen LogP contribution in [0.3, 0.4) is 0 Å². The summed E-state index contributed by atoms with van der Waals surface area (Å²) >= 11 is 3.33. The van der Waals surface area contributed by atoms with Crippen LogP contribution in [0.25, 0.3) is 0 Å². The number of hydrogen-bond donors (Lipinski definition) is 1. The lowest BCUT2D eigenvalue weighted by molar-refractivity contribution is -0.121. The second-order valence-corrected chi connectivity index (χ2v) is 6.46. The van der Waals surface area contributed by atoms with Crippen molar-refractivity contribution in [3.63, 3.8) is 0 Å². The number of benzene rings is 2.